The number of carbonyl (C=O) groups excluding carboxylic acids is 2. The number of methoxy groups -OCH3 is 1. The molecule has 0 aliphatic heterocycles. The molecule has 0 saturated carbocycles. The van der Waals surface area contributed by atoms with Gasteiger partial charge in [-0.25, -0.2) is 0 Å². The van der Waals surface area contributed by atoms with E-state index in [2.05, 4.69) is 14.2 Å². The van der Waals surface area contributed by atoms with Crippen LogP contribution in [0, 0.1) is 0 Å². The molecule has 0 fully saturated rings. The summed E-state index contributed by atoms with van der Waals surface area (Å²) >= 11 is 0. The monoisotopic (exact) mass is 391 g/mol. The molecule has 146 valence electrons. The number of rotatable bonds is 8. The van der Waals surface area contributed by atoms with Gasteiger partial charge in [0.2, 0.25) is 0 Å². The van der Waals surface area contributed by atoms with Crippen molar-refractivity contribution in [3.8, 4) is 5.75 Å². The molecule has 1 aromatic carbocycles. The molecule has 26 heavy (non-hydrogen) atoms. The highest BCUT2D eigenvalue weighted by atomic mass is 32.3. The van der Waals surface area contributed by atoms with Crippen LogP contribution in [0.3, 0.4) is 0 Å². The molecule has 0 aliphatic carbocycles. The molecule has 8 nitrogen and oxygen atoms in total. The third-order valence-electron chi connectivity index (χ3n) is 2.82. The van der Waals surface area contributed by atoms with Gasteiger partial charge in [0.05, 0.1) is 20.1 Å². The standard InChI is InChI=1S/C16H22FNO7S/c1-16(2,3)24-15(20)10-18-9-12-5-11(8-14(19)23-4)6-13(7-12)25-26(17,21)22/h5-7,18H,8-10H2,1-4H3. The first-order valence-corrected chi connectivity index (χ1v) is 8.95. The van der Waals surface area contributed by atoms with Crippen molar-refractivity contribution in [2.24, 2.45) is 0 Å². The third-order valence-corrected chi connectivity index (χ3v) is 3.21. The molecule has 0 saturated heterocycles. The van der Waals surface area contributed by atoms with Crippen LogP contribution in [0.15, 0.2) is 18.2 Å². The zero-order valence-corrected chi connectivity index (χ0v) is 15.8. The van der Waals surface area contributed by atoms with Gasteiger partial charge < -0.3 is 19.0 Å². The van der Waals surface area contributed by atoms with E-state index < -0.39 is 28.0 Å². The van der Waals surface area contributed by atoms with Crippen LogP contribution < -0.4 is 9.50 Å². The SMILES string of the molecule is COC(=O)Cc1cc(CNCC(=O)OC(C)(C)C)cc(OS(=O)(=O)F)c1. The van der Waals surface area contributed by atoms with E-state index in [0.29, 0.717) is 11.1 Å². The molecule has 0 aromatic heterocycles. The molecule has 0 heterocycles. The van der Waals surface area contributed by atoms with Gasteiger partial charge in [-0.2, -0.15) is 8.42 Å². The van der Waals surface area contributed by atoms with Crippen LogP contribution in [-0.4, -0.2) is 39.6 Å². The smallest absolute Gasteiger partial charge is 0.469 e. The lowest BCUT2D eigenvalue weighted by Crippen LogP contribution is -2.31. The molecule has 1 N–H and O–H groups in total. The normalized spacial score (nSPS) is 11.7. The number of ether oxygens (including phenoxy) is 2. The first-order chi connectivity index (χ1) is 11.9. The minimum atomic E-state index is -5.21. The van der Waals surface area contributed by atoms with Crippen LogP contribution in [0.5, 0.6) is 5.75 Å². The molecule has 0 unspecified atom stereocenters. The molecular formula is C16H22FNO7S. The average molecular weight is 391 g/mol. The second-order valence-corrected chi connectivity index (χ2v) is 7.36. The van der Waals surface area contributed by atoms with E-state index in [9.17, 15) is 21.9 Å². The van der Waals surface area contributed by atoms with E-state index in [4.69, 9.17) is 4.74 Å². The van der Waals surface area contributed by atoms with Gasteiger partial charge in [-0.3, -0.25) is 9.59 Å². The highest BCUT2D eigenvalue weighted by molar-refractivity contribution is 7.81. The Labute approximate surface area is 152 Å². The Morgan fingerprint density at radius 2 is 1.73 bits per heavy atom. The van der Waals surface area contributed by atoms with Crippen LogP contribution >= 0.6 is 0 Å². The highest BCUT2D eigenvalue weighted by Crippen LogP contribution is 2.20. The number of hydrogen-bond donors (Lipinski definition) is 1. The number of halogens is 1. The maximum Gasteiger partial charge on any atom is 0.488 e. The lowest BCUT2D eigenvalue weighted by Gasteiger charge is -2.19. The zero-order valence-electron chi connectivity index (χ0n) is 15.0. The van der Waals surface area contributed by atoms with Crippen molar-refractivity contribution in [2.75, 3.05) is 13.7 Å². The number of benzene rings is 1. The van der Waals surface area contributed by atoms with Gasteiger partial charge >= 0.3 is 22.4 Å². The molecular weight excluding hydrogens is 369 g/mol. The lowest BCUT2D eigenvalue weighted by molar-refractivity contribution is -0.153. The van der Waals surface area contributed by atoms with E-state index in [0.717, 1.165) is 0 Å². The number of nitrogens with one attached hydrogen (secondary N) is 1. The van der Waals surface area contributed by atoms with Crippen LogP contribution in [0.25, 0.3) is 0 Å². The molecule has 0 radical (unpaired) electrons. The summed E-state index contributed by atoms with van der Waals surface area (Å²) in [5.74, 6) is -1.31. The van der Waals surface area contributed by atoms with E-state index in [-0.39, 0.29) is 25.3 Å². The summed E-state index contributed by atoms with van der Waals surface area (Å²) in [5, 5.41) is 2.82. The van der Waals surface area contributed by atoms with Crippen LogP contribution in [0.2, 0.25) is 0 Å². The average Bonchev–Trinajstić information content (AvgIpc) is 2.43. The molecule has 0 atom stereocenters. The molecule has 10 heteroatoms. The van der Waals surface area contributed by atoms with Crippen LogP contribution in [-0.2, 0) is 42.5 Å². The topological polar surface area (TPSA) is 108 Å². The molecule has 0 aliphatic rings. The van der Waals surface area contributed by atoms with Crippen molar-refractivity contribution in [1.29, 1.82) is 0 Å². The lowest BCUT2D eigenvalue weighted by atomic mass is 10.1. The molecule has 1 aromatic rings. The van der Waals surface area contributed by atoms with Gasteiger partial charge in [-0.1, -0.05) is 9.95 Å². The Morgan fingerprint density at radius 3 is 2.27 bits per heavy atom. The van der Waals surface area contributed by atoms with E-state index in [1.54, 1.807) is 26.8 Å². The summed E-state index contributed by atoms with van der Waals surface area (Å²) in [6, 6.07) is 4.07. The van der Waals surface area contributed by atoms with E-state index in [1.807, 2.05) is 0 Å². The van der Waals surface area contributed by atoms with Gasteiger partial charge in [-0.15, -0.1) is 0 Å². The minimum Gasteiger partial charge on any atom is -0.469 e. The van der Waals surface area contributed by atoms with Gasteiger partial charge in [-0.05, 0) is 44.0 Å². The first-order valence-electron chi connectivity index (χ1n) is 7.64. The Balaban J connectivity index is 2.84. The Morgan fingerprint density at radius 1 is 1.12 bits per heavy atom. The largest absolute Gasteiger partial charge is 0.488 e. The second-order valence-electron chi connectivity index (χ2n) is 6.40. The predicted octanol–water partition coefficient (Wildman–Crippen LogP) is 1.43. The summed E-state index contributed by atoms with van der Waals surface area (Å²) < 4.78 is 48.0. The number of esters is 2. The molecule has 0 bridgehead atoms. The Hall–Kier alpha value is -2.20. The van der Waals surface area contributed by atoms with Crippen molar-refractivity contribution in [3.05, 3.63) is 29.3 Å². The van der Waals surface area contributed by atoms with Crippen molar-refractivity contribution in [1.82, 2.24) is 5.32 Å². The van der Waals surface area contributed by atoms with Gasteiger partial charge in [0.25, 0.3) is 0 Å². The van der Waals surface area contributed by atoms with Crippen molar-refractivity contribution in [3.63, 3.8) is 0 Å². The summed E-state index contributed by atoms with van der Waals surface area (Å²) in [5.41, 5.74) is 0.232. The quantitative estimate of drug-likeness (QED) is 0.524. The minimum absolute atomic E-state index is 0.0872. The second kappa shape index (κ2) is 8.95. The first kappa shape index (κ1) is 21.8. The van der Waals surface area contributed by atoms with E-state index in [1.165, 1.54) is 19.2 Å². The molecule has 0 spiro atoms. The van der Waals surface area contributed by atoms with Crippen molar-refractivity contribution < 1.29 is 35.5 Å². The van der Waals surface area contributed by atoms with Crippen molar-refractivity contribution in [2.45, 2.75) is 39.3 Å². The summed E-state index contributed by atoms with van der Waals surface area (Å²) in [6.07, 6.45) is -0.154. The summed E-state index contributed by atoms with van der Waals surface area (Å²) in [7, 11) is -4.00. The van der Waals surface area contributed by atoms with Gasteiger partial charge in [0, 0.05) is 6.54 Å². The maximum absolute atomic E-state index is 12.8. The molecule has 0 amide bonds. The van der Waals surface area contributed by atoms with Gasteiger partial charge in [0.1, 0.15) is 11.4 Å². The fourth-order valence-corrected chi connectivity index (χ4v) is 2.35. The molecule has 1 rings (SSSR count). The fourth-order valence-electron chi connectivity index (χ4n) is 2.02. The predicted molar refractivity (Wildman–Crippen MR) is 90.4 cm³/mol. The van der Waals surface area contributed by atoms with Crippen molar-refractivity contribution >= 4 is 22.4 Å². The summed E-state index contributed by atoms with van der Waals surface area (Å²) in [4.78, 5) is 23.0. The fraction of sp³-hybridized carbons (Fsp3) is 0.500. The maximum atomic E-state index is 12.8. The van der Waals surface area contributed by atoms with Crippen LogP contribution in [0.1, 0.15) is 31.9 Å². The number of carbonyl (C=O) groups is 2. The third kappa shape index (κ3) is 9.33. The van der Waals surface area contributed by atoms with E-state index >= 15 is 0 Å². The van der Waals surface area contributed by atoms with Gasteiger partial charge in [0.15, 0.2) is 0 Å². The number of hydrogen-bond acceptors (Lipinski definition) is 8. The van der Waals surface area contributed by atoms with Crippen LogP contribution in [0.4, 0.5) is 3.89 Å². The Bertz CT molecular complexity index is 756. The zero-order chi connectivity index (χ0) is 20.0. The Kier molecular flexibility index (Phi) is 7.52. The summed E-state index contributed by atoms with van der Waals surface area (Å²) in [6.45, 7) is 5.26. The highest BCUT2D eigenvalue weighted by Gasteiger charge is 2.16.